The van der Waals surface area contributed by atoms with E-state index in [2.05, 4.69) is 0 Å². The summed E-state index contributed by atoms with van der Waals surface area (Å²) in [7, 11) is 0. The molecule has 1 saturated heterocycles. The van der Waals surface area contributed by atoms with Gasteiger partial charge in [-0.3, -0.25) is 4.79 Å². The zero-order chi connectivity index (χ0) is 30.4. The first kappa shape index (κ1) is 31.6. The van der Waals surface area contributed by atoms with Crippen molar-refractivity contribution >= 4 is 5.97 Å². The predicted molar refractivity (Wildman–Crippen MR) is 166 cm³/mol. The quantitative estimate of drug-likeness (QED) is 0.149. The van der Waals surface area contributed by atoms with Crippen molar-refractivity contribution in [1.82, 2.24) is 0 Å². The minimum Gasteiger partial charge on any atom is -0.463 e. The molecule has 4 aromatic carbocycles. The summed E-state index contributed by atoms with van der Waals surface area (Å²) in [5, 5.41) is 0. The summed E-state index contributed by atoms with van der Waals surface area (Å²) in [6, 6.07) is 39.9. The maximum absolute atomic E-state index is 11.9. The maximum atomic E-state index is 11.9. The van der Waals surface area contributed by atoms with Gasteiger partial charge in [0.15, 0.2) is 0 Å². The van der Waals surface area contributed by atoms with Crippen LogP contribution in [0.15, 0.2) is 121 Å². The van der Waals surface area contributed by atoms with Crippen molar-refractivity contribution < 1.29 is 33.2 Å². The van der Waals surface area contributed by atoms with Gasteiger partial charge in [0, 0.05) is 6.92 Å². The van der Waals surface area contributed by atoms with Gasteiger partial charge in [0.1, 0.15) is 37.1 Å². The van der Waals surface area contributed by atoms with Crippen LogP contribution in [-0.4, -0.2) is 49.7 Å². The Hall–Kier alpha value is -3.85. The first-order chi connectivity index (χ1) is 21.7. The summed E-state index contributed by atoms with van der Waals surface area (Å²) in [4.78, 5) is 11.9. The van der Waals surface area contributed by atoms with Crippen LogP contribution in [0.25, 0.3) is 0 Å². The van der Waals surface area contributed by atoms with E-state index in [0.29, 0.717) is 26.4 Å². The zero-order valence-electron chi connectivity index (χ0n) is 25.0. The lowest BCUT2D eigenvalue weighted by Crippen LogP contribution is -2.62. The van der Waals surface area contributed by atoms with Gasteiger partial charge in [0.05, 0.1) is 33.0 Å². The summed E-state index contributed by atoms with van der Waals surface area (Å²) >= 11 is 0. The molecule has 1 heterocycles. The van der Waals surface area contributed by atoms with Crippen molar-refractivity contribution in [2.24, 2.45) is 0 Å². The number of carbonyl (C=O) groups excluding carboxylic acids is 1. The van der Waals surface area contributed by atoms with Gasteiger partial charge in [-0.05, 0) is 22.3 Å². The van der Waals surface area contributed by atoms with Gasteiger partial charge < -0.3 is 28.4 Å². The summed E-state index contributed by atoms with van der Waals surface area (Å²) < 4.78 is 38.1. The van der Waals surface area contributed by atoms with Gasteiger partial charge in [-0.2, -0.15) is 0 Å². The molecule has 7 nitrogen and oxygen atoms in total. The molecule has 0 unspecified atom stereocenters. The predicted octanol–water partition coefficient (Wildman–Crippen LogP) is 6.29. The van der Waals surface area contributed by atoms with Crippen LogP contribution in [0.5, 0.6) is 0 Å². The summed E-state index contributed by atoms with van der Waals surface area (Å²) in [5.74, 6) is -0.392. The Bertz CT molecular complexity index is 1370. The largest absolute Gasteiger partial charge is 0.463 e. The monoisotopic (exact) mass is 596 g/mol. The van der Waals surface area contributed by atoms with E-state index in [1.54, 1.807) is 0 Å². The second-order valence-corrected chi connectivity index (χ2v) is 10.8. The van der Waals surface area contributed by atoms with Gasteiger partial charge in [0.2, 0.25) is 0 Å². The third-order valence-electron chi connectivity index (χ3n) is 7.43. The number of esters is 1. The van der Waals surface area contributed by atoms with Gasteiger partial charge in [-0.25, -0.2) is 0 Å². The van der Waals surface area contributed by atoms with Gasteiger partial charge >= 0.3 is 5.97 Å². The Morgan fingerprint density at radius 3 is 1.30 bits per heavy atom. The first-order valence-electron chi connectivity index (χ1n) is 15.0. The van der Waals surface area contributed by atoms with Crippen LogP contribution in [-0.2, 0) is 59.6 Å². The lowest BCUT2D eigenvalue weighted by atomic mass is 9.94. The fourth-order valence-electron chi connectivity index (χ4n) is 5.22. The van der Waals surface area contributed by atoms with E-state index in [-0.39, 0.29) is 13.2 Å². The van der Waals surface area contributed by atoms with Crippen molar-refractivity contribution in [3.63, 3.8) is 0 Å². The van der Waals surface area contributed by atoms with Crippen LogP contribution in [0, 0.1) is 0 Å². The highest BCUT2D eigenvalue weighted by Gasteiger charge is 2.48. The molecule has 0 spiro atoms. The molecule has 1 fully saturated rings. The van der Waals surface area contributed by atoms with Crippen LogP contribution in [0.4, 0.5) is 0 Å². The molecule has 4 aromatic rings. The molecule has 44 heavy (non-hydrogen) atoms. The number of rotatable bonds is 15. The fraction of sp³-hybridized carbons (Fsp3) is 0.324. The summed E-state index contributed by atoms with van der Waals surface area (Å²) in [6.07, 6.45) is -2.80. The Morgan fingerprint density at radius 2 is 0.886 bits per heavy atom. The SMILES string of the molecule is CC(=O)OC[C@@H]1O[C@H](COCc2ccccc2)[C@@H](OCc2ccccc2)[C@H](OCc2ccccc2)[C@@H]1OCc1ccccc1. The lowest BCUT2D eigenvalue weighted by Gasteiger charge is -2.46. The third kappa shape index (κ3) is 9.58. The molecule has 0 radical (unpaired) electrons. The van der Waals surface area contributed by atoms with Crippen molar-refractivity contribution in [2.45, 2.75) is 63.9 Å². The highest BCUT2D eigenvalue weighted by molar-refractivity contribution is 5.65. The fourth-order valence-corrected chi connectivity index (χ4v) is 5.22. The second kappa shape index (κ2) is 16.9. The van der Waals surface area contributed by atoms with Crippen LogP contribution in [0.1, 0.15) is 29.2 Å². The molecule has 1 aliphatic rings. The molecule has 0 amide bonds. The van der Waals surface area contributed by atoms with Crippen molar-refractivity contribution in [2.75, 3.05) is 13.2 Å². The first-order valence-corrected chi connectivity index (χ1v) is 15.0. The Balaban J connectivity index is 1.42. The molecule has 5 atom stereocenters. The molecule has 0 aromatic heterocycles. The van der Waals surface area contributed by atoms with E-state index >= 15 is 0 Å². The highest BCUT2D eigenvalue weighted by atomic mass is 16.6. The van der Waals surface area contributed by atoms with E-state index in [1.807, 2.05) is 121 Å². The standard InChI is InChI=1S/C37H40O7/c1-28(38)40-27-34-36(42-24-31-18-10-4-11-19-31)37(43-25-32-20-12-5-13-21-32)35(41-23-30-16-8-3-9-17-30)33(44-34)26-39-22-29-14-6-2-7-15-29/h2-21,33-37H,22-27H2,1H3/t33-,34+,35-,36-,37+/m1/s1. The average Bonchev–Trinajstić information content (AvgIpc) is 3.07. The van der Waals surface area contributed by atoms with Crippen molar-refractivity contribution in [3.8, 4) is 0 Å². The highest BCUT2D eigenvalue weighted by Crippen LogP contribution is 2.31. The zero-order valence-corrected chi connectivity index (χ0v) is 25.0. The molecule has 0 N–H and O–H groups in total. The normalized spacial score (nSPS) is 21.5. The van der Waals surface area contributed by atoms with E-state index < -0.39 is 36.5 Å². The molecule has 7 heteroatoms. The van der Waals surface area contributed by atoms with E-state index in [0.717, 1.165) is 22.3 Å². The Kier molecular flexibility index (Phi) is 12.1. The summed E-state index contributed by atoms with van der Waals surface area (Å²) in [6.45, 7) is 3.11. The van der Waals surface area contributed by atoms with Crippen molar-refractivity contribution in [1.29, 1.82) is 0 Å². The summed E-state index contributed by atoms with van der Waals surface area (Å²) in [5.41, 5.74) is 4.12. The molecule has 1 aliphatic heterocycles. The Labute approximate surface area is 259 Å². The Morgan fingerprint density at radius 1 is 0.523 bits per heavy atom. The van der Waals surface area contributed by atoms with Crippen molar-refractivity contribution in [3.05, 3.63) is 144 Å². The number of hydrogen-bond donors (Lipinski definition) is 0. The smallest absolute Gasteiger partial charge is 0.302 e. The van der Waals surface area contributed by atoms with E-state index in [1.165, 1.54) is 6.92 Å². The molecular formula is C37H40O7. The number of ether oxygens (including phenoxy) is 6. The third-order valence-corrected chi connectivity index (χ3v) is 7.43. The topological polar surface area (TPSA) is 72.5 Å². The lowest BCUT2D eigenvalue weighted by molar-refractivity contribution is -0.278. The molecule has 230 valence electrons. The second-order valence-electron chi connectivity index (χ2n) is 10.8. The molecular weight excluding hydrogens is 556 g/mol. The molecule has 0 aliphatic carbocycles. The number of benzene rings is 4. The number of hydrogen-bond acceptors (Lipinski definition) is 7. The van der Waals surface area contributed by atoms with E-state index in [9.17, 15) is 4.79 Å². The van der Waals surface area contributed by atoms with Gasteiger partial charge in [-0.1, -0.05) is 121 Å². The van der Waals surface area contributed by atoms with E-state index in [4.69, 9.17) is 28.4 Å². The minimum atomic E-state index is -0.606. The van der Waals surface area contributed by atoms with Crippen LogP contribution >= 0.6 is 0 Å². The minimum absolute atomic E-state index is 0.0145. The maximum Gasteiger partial charge on any atom is 0.302 e. The number of carbonyl (C=O) groups is 1. The molecule has 0 saturated carbocycles. The average molecular weight is 597 g/mol. The van der Waals surface area contributed by atoms with Crippen LogP contribution < -0.4 is 0 Å². The molecule has 5 rings (SSSR count). The van der Waals surface area contributed by atoms with Gasteiger partial charge in [0.25, 0.3) is 0 Å². The molecule has 0 bridgehead atoms. The van der Waals surface area contributed by atoms with Crippen LogP contribution in [0.2, 0.25) is 0 Å². The van der Waals surface area contributed by atoms with Gasteiger partial charge in [-0.15, -0.1) is 0 Å². The van der Waals surface area contributed by atoms with Crippen LogP contribution in [0.3, 0.4) is 0 Å².